The summed E-state index contributed by atoms with van der Waals surface area (Å²) >= 11 is 0. The van der Waals surface area contributed by atoms with Gasteiger partial charge in [0, 0.05) is 0 Å². The molecule has 0 fully saturated rings. The minimum absolute atomic E-state index is 0. The third-order valence-corrected chi connectivity index (χ3v) is 0. The maximum atomic E-state index is 9.00. The molecule has 0 aliphatic heterocycles. The SMILES string of the molecule is NC(N)=O.NC(N)=O.O. The molecule has 0 rings (SSSR count). The van der Waals surface area contributed by atoms with Crippen LogP contribution in [0.1, 0.15) is 0 Å². The van der Waals surface area contributed by atoms with E-state index < -0.39 is 12.1 Å². The quantitative estimate of drug-likeness (QED) is 0.284. The van der Waals surface area contributed by atoms with E-state index in [9.17, 15) is 0 Å². The molecule has 0 spiro atoms. The molecule has 0 saturated heterocycles. The fourth-order valence-electron chi connectivity index (χ4n) is 0. The van der Waals surface area contributed by atoms with Gasteiger partial charge < -0.3 is 28.4 Å². The minimum Gasteiger partial charge on any atom is -0.412 e. The van der Waals surface area contributed by atoms with E-state index in [0.717, 1.165) is 0 Å². The summed E-state index contributed by atoms with van der Waals surface area (Å²) in [4.78, 5) is 18.0. The Morgan fingerprint density at radius 2 is 0.778 bits per heavy atom. The number of carbonyl (C=O) groups excluding carboxylic acids is 2. The van der Waals surface area contributed by atoms with Crippen LogP contribution in [0.25, 0.3) is 0 Å². The van der Waals surface area contributed by atoms with Gasteiger partial charge in [-0.25, -0.2) is 9.59 Å². The van der Waals surface area contributed by atoms with Gasteiger partial charge in [0.05, 0.1) is 0 Å². The number of amides is 4. The molecule has 0 unspecified atom stereocenters. The molecule has 0 heterocycles. The molecule has 0 saturated carbocycles. The van der Waals surface area contributed by atoms with Gasteiger partial charge in [0.15, 0.2) is 0 Å². The highest BCUT2D eigenvalue weighted by Crippen LogP contribution is 1.26. The van der Waals surface area contributed by atoms with Gasteiger partial charge in [-0.05, 0) is 0 Å². The Bertz CT molecular complexity index is 71.8. The van der Waals surface area contributed by atoms with Gasteiger partial charge in [-0.3, -0.25) is 0 Å². The van der Waals surface area contributed by atoms with Crippen LogP contribution in [0.3, 0.4) is 0 Å². The fraction of sp³-hybridized carbons (Fsp3) is 0. The van der Waals surface area contributed by atoms with Crippen LogP contribution in [-0.2, 0) is 0 Å². The van der Waals surface area contributed by atoms with Crippen molar-refractivity contribution in [3.05, 3.63) is 0 Å². The van der Waals surface area contributed by atoms with Crippen LogP contribution in [-0.4, -0.2) is 17.5 Å². The number of nitrogens with two attached hydrogens (primary N) is 4. The third kappa shape index (κ3) is 58.5. The molecule has 0 atom stereocenters. The highest BCUT2D eigenvalue weighted by atomic mass is 16.2. The van der Waals surface area contributed by atoms with Crippen LogP contribution in [0.2, 0.25) is 0 Å². The van der Waals surface area contributed by atoms with Crippen molar-refractivity contribution in [2.24, 2.45) is 22.9 Å². The summed E-state index contributed by atoms with van der Waals surface area (Å²) in [7, 11) is 0. The Morgan fingerprint density at radius 3 is 0.778 bits per heavy atom. The predicted molar refractivity (Wildman–Crippen MR) is 31.2 cm³/mol. The summed E-state index contributed by atoms with van der Waals surface area (Å²) < 4.78 is 0. The first kappa shape index (κ1) is 15.6. The summed E-state index contributed by atoms with van der Waals surface area (Å²) in [6.07, 6.45) is 0. The first-order valence-electron chi connectivity index (χ1n) is 1.56. The van der Waals surface area contributed by atoms with Gasteiger partial charge in [0.2, 0.25) is 0 Å². The molecule has 9 heavy (non-hydrogen) atoms. The van der Waals surface area contributed by atoms with Crippen LogP contribution in [0.4, 0.5) is 9.59 Å². The van der Waals surface area contributed by atoms with Crippen LogP contribution in [0, 0.1) is 0 Å². The van der Waals surface area contributed by atoms with Gasteiger partial charge in [-0.1, -0.05) is 0 Å². The standard InChI is InChI=1S/2CH4N2O.H2O/c2*2-1(3)4;/h2*(H4,2,3,4);1H2. The first-order valence-corrected chi connectivity index (χ1v) is 1.56. The Balaban J connectivity index is -0.0000000720. The average Bonchev–Trinajstić information content (AvgIpc) is 1.25. The van der Waals surface area contributed by atoms with Crippen molar-refractivity contribution in [2.75, 3.05) is 0 Å². The summed E-state index contributed by atoms with van der Waals surface area (Å²) in [6.45, 7) is 0. The van der Waals surface area contributed by atoms with Crippen LogP contribution in [0.5, 0.6) is 0 Å². The predicted octanol–water partition coefficient (Wildman–Crippen LogP) is -2.78. The van der Waals surface area contributed by atoms with Gasteiger partial charge in [-0.2, -0.15) is 0 Å². The zero-order valence-corrected chi connectivity index (χ0v) is 4.63. The Morgan fingerprint density at radius 1 is 0.778 bits per heavy atom. The van der Waals surface area contributed by atoms with Gasteiger partial charge in [0.25, 0.3) is 0 Å². The van der Waals surface area contributed by atoms with Crippen molar-refractivity contribution >= 4 is 12.1 Å². The Labute approximate surface area is 51.3 Å². The maximum absolute atomic E-state index is 9.00. The Hall–Kier alpha value is -1.50. The summed E-state index contributed by atoms with van der Waals surface area (Å²) in [5, 5.41) is 0. The molecular formula is C2H10N4O3. The lowest BCUT2D eigenvalue weighted by Gasteiger charge is -1.62. The van der Waals surface area contributed by atoms with Crippen molar-refractivity contribution in [1.82, 2.24) is 0 Å². The molecule has 0 aromatic carbocycles. The van der Waals surface area contributed by atoms with E-state index in [4.69, 9.17) is 9.59 Å². The molecule has 10 N–H and O–H groups in total. The van der Waals surface area contributed by atoms with E-state index in [0.29, 0.717) is 0 Å². The largest absolute Gasteiger partial charge is 0.412 e. The Kier molecular flexibility index (Phi) is 16.9. The summed E-state index contributed by atoms with van der Waals surface area (Å²) in [5.41, 5.74) is 17.0. The normalized spacial score (nSPS) is 5.33. The molecular weight excluding hydrogens is 128 g/mol. The number of rotatable bonds is 0. The van der Waals surface area contributed by atoms with E-state index >= 15 is 0 Å². The van der Waals surface area contributed by atoms with E-state index in [2.05, 4.69) is 22.9 Å². The fourth-order valence-corrected chi connectivity index (χ4v) is 0. The first-order chi connectivity index (χ1) is 3.46. The lowest BCUT2D eigenvalue weighted by atomic mass is 11.2. The zero-order chi connectivity index (χ0) is 7.15. The molecule has 7 nitrogen and oxygen atoms in total. The second kappa shape index (κ2) is 9.71. The molecule has 0 radical (unpaired) electrons. The van der Waals surface area contributed by atoms with Gasteiger partial charge in [-0.15, -0.1) is 0 Å². The van der Waals surface area contributed by atoms with E-state index in [-0.39, 0.29) is 5.48 Å². The lowest BCUT2D eigenvalue weighted by Crippen LogP contribution is -2.18. The van der Waals surface area contributed by atoms with Crippen molar-refractivity contribution in [3.8, 4) is 0 Å². The van der Waals surface area contributed by atoms with Crippen molar-refractivity contribution in [1.29, 1.82) is 0 Å². The highest BCUT2D eigenvalue weighted by molar-refractivity contribution is 5.69. The molecule has 0 aromatic heterocycles. The number of urea groups is 2. The monoisotopic (exact) mass is 138 g/mol. The number of hydrogen-bond acceptors (Lipinski definition) is 2. The molecule has 0 bridgehead atoms. The number of primary amides is 4. The molecule has 7 heteroatoms. The zero-order valence-electron chi connectivity index (χ0n) is 4.63. The lowest BCUT2D eigenvalue weighted by molar-refractivity contribution is 0.255. The topological polar surface area (TPSA) is 170 Å². The molecule has 0 aromatic rings. The molecule has 0 aliphatic rings. The van der Waals surface area contributed by atoms with Crippen molar-refractivity contribution in [2.45, 2.75) is 0 Å². The van der Waals surface area contributed by atoms with Gasteiger partial charge in [0.1, 0.15) is 0 Å². The van der Waals surface area contributed by atoms with Gasteiger partial charge >= 0.3 is 12.1 Å². The van der Waals surface area contributed by atoms with Crippen LogP contribution < -0.4 is 22.9 Å². The second-order valence-corrected chi connectivity index (χ2v) is 0.805. The summed E-state index contributed by atoms with van der Waals surface area (Å²) in [5.74, 6) is 0. The van der Waals surface area contributed by atoms with E-state index in [1.54, 1.807) is 0 Å². The molecule has 4 amide bonds. The van der Waals surface area contributed by atoms with E-state index in [1.807, 2.05) is 0 Å². The van der Waals surface area contributed by atoms with Crippen molar-refractivity contribution in [3.63, 3.8) is 0 Å². The third-order valence-electron chi connectivity index (χ3n) is 0. The maximum Gasteiger partial charge on any atom is 0.309 e. The number of hydrogen-bond donors (Lipinski definition) is 4. The van der Waals surface area contributed by atoms with E-state index in [1.165, 1.54) is 0 Å². The highest BCUT2D eigenvalue weighted by Gasteiger charge is 1.61. The second-order valence-electron chi connectivity index (χ2n) is 0.805. The molecule has 56 valence electrons. The van der Waals surface area contributed by atoms with Crippen molar-refractivity contribution < 1.29 is 15.1 Å². The summed E-state index contributed by atoms with van der Waals surface area (Å²) in [6, 6.07) is -1.67. The molecule has 0 aliphatic carbocycles. The van der Waals surface area contributed by atoms with Crippen LogP contribution >= 0.6 is 0 Å². The smallest absolute Gasteiger partial charge is 0.309 e. The van der Waals surface area contributed by atoms with Crippen LogP contribution in [0.15, 0.2) is 0 Å². The number of carbonyl (C=O) groups is 2. The average molecular weight is 138 g/mol. The minimum atomic E-state index is -0.833.